The molecule has 0 spiro atoms. The third-order valence-corrected chi connectivity index (χ3v) is 4.04. The molecule has 0 bridgehead atoms. The summed E-state index contributed by atoms with van der Waals surface area (Å²) in [6.07, 6.45) is 4.85. The maximum atomic E-state index is 14.1. The lowest BCUT2D eigenvalue weighted by atomic mass is 9.85. The van der Waals surface area contributed by atoms with Crippen LogP contribution in [0.1, 0.15) is 38.3 Å². The van der Waals surface area contributed by atoms with E-state index in [0.717, 1.165) is 19.4 Å². The molecular formula is C16H25FN2. The predicted octanol–water partition coefficient (Wildman–Crippen LogP) is 3.21. The third kappa shape index (κ3) is 3.75. The van der Waals surface area contributed by atoms with Gasteiger partial charge < -0.3 is 4.90 Å². The van der Waals surface area contributed by atoms with Crippen molar-refractivity contribution < 1.29 is 4.39 Å². The molecule has 0 amide bonds. The van der Waals surface area contributed by atoms with E-state index in [4.69, 9.17) is 0 Å². The number of rotatable bonds is 2. The van der Waals surface area contributed by atoms with Crippen LogP contribution in [0.15, 0.2) is 18.5 Å². The molecule has 2 heterocycles. The molecule has 1 saturated heterocycles. The number of hydrogen-bond acceptors (Lipinski definition) is 2. The molecule has 0 saturated carbocycles. The van der Waals surface area contributed by atoms with Gasteiger partial charge in [-0.2, -0.15) is 0 Å². The van der Waals surface area contributed by atoms with Gasteiger partial charge in [-0.3, -0.25) is 4.98 Å². The SMILES string of the molecule is CN1CCC(Cc2cncc(C(C)(C)C)c2)C(F)C1. The van der Waals surface area contributed by atoms with Crippen LogP contribution < -0.4 is 0 Å². The Bertz CT molecular complexity index is 425. The Kier molecular flexibility index (Phi) is 4.24. The molecule has 19 heavy (non-hydrogen) atoms. The highest BCUT2D eigenvalue weighted by molar-refractivity contribution is 5.24. The van der Waals surface area contributed by atoms with Gasteiger partial charge in [0, 0.05) is 18.9 Å². The Hall–Kier alpha value is -0.960. The Labute approximate surface area is 116 Å². The second-order valence-electron chi connectivity index (χ2n) is 6.86. The number of likely N-dealkylation sites (tertiary alicyclic amines) is 1. The number of nitrogens with zero attached hydrogens (tertiary/aromatic N) is 2. The van der Waals surface area contributed by atoms with Crippen LogP contribution in [0.4, 0.5) is 4.39 Å². The Morgan fingerprint density at radius 3 is 2.74 bits per heavy atom. The number of alkyl halides is 1. The van der Waals surface area contributed by atoms with E-state index in [-0.39, 0.29) is 11.3 Å². The van der Waals surface area contributed by atoms with E-state index >= 15 is 0 Å². The van der Waals surface area contributed by atoms with Gasteiger partial charge in [-0.1, -0.05) is 26.8 Å². The molecule has 0 N–H and O–H groups in total. The minimum Gasteiger partial charge on any atom is -0.303 e. The van der Waals surface area contributed by atoms with Crippen LogP contribution in [0.3, 0.4) is 0 Å². The van der Waals surface area contributed by atoms with Gasteiger partial charge >= 0.3 is 0 Å². The molecule has 2 nitrogen and oxygen atoms in total. The largest absolute Gasteiger partial charge is 0.303 e. The van der Waals surface area contributed by atoms with Crippen molar-refractivity contribution in [2.75, 3.05) is 20.1 Å². The number of hydrogen-bond donors (Lipinski definition) is 0. The minimum atomic E-state index is -0.711. The Morgan fingerprint density at radius 2 is 2.11 bits per heavy atom. The fourth-order valence-electron chi connectivity index (χ4n) is 2.65. The Morgan fingerprint density at radius 1 is 1.37 bits per heavy atom. The van der Waals surface area contributed by atoms with Gasteiger partial charge in [0.1, 0.15) is 6.17 Å². The summed E-state index contributed by atoms with van der Waals surface area (Å²) in [6.45, 7) is 8.11. The molecule has 0 aliphatic carbocycles. The van der Waals surface area contributed by atoms with E-state index in [2.05, 4.69) is 36.7 Å². The first-order chi connectivity index (χ1) is 8.86. The standard InChI is InChI=1S/C16H25FN2/c1-16(2,3)14-8-12(9-18-10-14)7-13-5-6-19(4)11-15(13)17/h8-10,13,15H,5-7,11H2,1-4H3. The Balaban J connectivity index is 2.07. The molecule has 0 aromatic carbocycles. The monoisotopic (exact) mass is 264 g/mol. The van der Waals surface area contributed by atoms with Crippen LogP contribution in [0.25, 0.3) is 0 Å². The summed E-state index contributed by atoms with van der Waals surface area (Å²) < 4.78 is 14.1. The van der Waals surface area contributed by atoms with Gasteiger partial charge in [0.05, 0.1) is 0 Å². The van der Waals surface area contributed by atoms with Crippen LogP contribution in [0.5, 0.6) is 0 Å². The van der Waals surface area contributed by atoms with Gasteiger partial charge in [0.2, 0.25) is 0 Å². The van der Waals surface area contributed by atoms with Crippen LogP contribution >= 0.6 is 0 Å². The molecule has 0 radical (unpaired) electrons. The van der Waals surface area contributed by atoms with E-state index in [0.29, 0.717) is 6.54 Å². The van der Waals surface area contributed by atoms with Gasteiger partial charge in [-0.25, -0.2) is 4.39 Å². The topological polar surface area (TPSA) is 16.1 Å². The fraction of sp³-hybridized carbons (Fsp3) is 0.688. The van der Waals surface area contributed by atoms with Crippen LogP contribution in [-0.4, -0.2) is 36.2 Å². The quantitative estimate of drug-likeness (QED) is 0.815. The number of pyridine rings is 1. The molecule has 2 rings (SSSR count). The van der Waals surface area contributed by atoms with E-state index < -0.39 is 6.17 Å². The van der Waals surface area contributed by atoms with E-state index in [1.807, 2.05) is 19.4 Å². The summed E-state index contributed by atoms with van der Waals surface area (Å²) in [4.78, 5) is 6.40. The van der Waals surface area contributed by atoms with Crippen molar-refractivity contribution in [3.8, 4) is 0 Å². The van der Waals surface area contributed by atoms with E-state index in [1.165, 1.54) is 11.1 Å². The van der Waals surface area contributed by atoms with Crippen LogP contribution in [0, 0.1) is 5.92 Å². The van der Waals surface area contributed by atoms with Gasteiger partial charge in [-0.05, 0) is 48.9 Å². The lowest BCUT2D eigenvalue weighted by Crippen LogP contribution is -2.40. The van der Waals surface area contributed by atoms with Crippen molar-refractivity contribution in [2.24, 2.45) is 5.92 Å². The zero-order valence-corrected chi connectivity index (χ0v) is 12.5. The molecule has 106 valence electrons. The summed E-state index contributed by atoms with van der Waals surface area (Å²) in [5, 5.41) is 0. The first-order valence-electron chi connectivity index (χ1n) is 7.13. The second-order valence-corrected chi connectivity index (χ2v) is 6.86. The van der Waals surface area contributed by atoms with Crippen LogP contribution in [-0.2, 0) is 11.8 Å². The molecule has 1 aliphatic heterocycles. The number of halogens is 1. The van der Waals surface area contributed by atoms with Gasteiger partial charge in [0.15, 0.2) is 0 Å². The molecular weight excluding hydrogens is 239 g/mol. The molecule has 1 aromatic heterocycles. The van der Waals surface area contributed by atoms with Crippen LogP contribution in [0.2, 0.25) is 0 Å². The van der Waals surface area contributed by atoms with Crippen molar-refractivity contribution in [3.05, 3.63) is 29.6 Å². The maximum absolute atomic E-state index is 14.1. The lowest BCUT2D eigenvalue weighted by molar-refractivity contribution is 0.102. The highest BCUT2D eigenvalue weighted by atomic mass is 19.1. The maximum Gasteiger partial charge on any atom is 0.116 e. The zero-order valence-electron chi connectivity index (χ0n) is 12.5. The third-order valence-electron chi connectivity index (χ3n) is 4.04. The summed E-state index contributed by atoms with van der Waals surface area (Å²) in [7, 11) is 1.99. The number of aromatic nitrogens is 1. The molecule has 2 unspecified atom stereocenters. The fourth-order valence-corrected chi connectivity index (χ4v) is 2.65. The highest BCUT2D eigenvalue weighted by Gasteiger charge is 2.27. The molecule has 1 aromatic rings. The predicted molar refractivity (Wildman–Crippen MR) is 77.1 cm³/mol. The summed E-state index contributed by atoms with van der Waals surface area (Å²) in [5.41, 5.74) is 2.50. The van der Waals surface area contributed by atoms with Crippen molar-refractivity contribution in [1.29, 1.82) is 0 Å². The van der Waals surface area contributed by atoms with E-state index in [9.17, 15) is 4.39 Å². The summed E-state index contributed by atoms with van der Waals surface area (Å²) in [5.74, 6) is 0.146. The minimum absolute atomic E-state index is 0.102. The second kappa shape index (κ2) is 5.58. The normalized spacial score (nSPS) is 25.5. The summed E-state index contributed by atoms with van der Waals surface area (Å²) in [6, 6.07) is 2.19. The number of piperidine rings is 1. The summed E-state index contributed by atoms with van der Waals surface area (Å²) >= 11 is 0. The molecule has 1 aliphatic rings. The van der Waals surface area contributed by atoms with Crippen molar-refractivity contribution in [1.82, 2.24) is 9.88 Å². The first-order valence-corrected chi connectivity index (χ1v) is 7.13. The van der Waals surface area contributed by atoms with Crippen molar-refractivity contribution >= 4 is 0 Å². The molecule has 1 fully saturated rings. The molecule has 3 heteroatoms. The van der Waals surface area contributed by atoms with Gasteiger partial charge in [-0.15, -0.1) is 0 Å². The average molecular weight is 264 g/mol. The molecule has 2 atom stereocenters. The van der Waals surface area contributed by atoms with E-state index in [1.54, 1.807) is 0 Å². The van der Waals surface area contributed by atoms with Crippen molar-refractivity contribution in [2.45, 2.75) is 45.2 Å². The highest BCUT2D eigenvalue weighted by Crippen LogP contribution is 2.26. The van der Waals surface area contributed by atoms with Crippen molar-refractivity contribution in [3.63, 3.8) is 0 Å². The smallest absolute Gasteiger partial charge is 0.116 e. The average Bonchev–Trinajstić information content (AvgIpc) is 2.32. The van der Waals surface area contributed by atoms with Gasteiger partial charge in [0.25, 0.3) is 0 Å². The first kappa shape index (κ1) is 14.4. The lowest BCUT2D eigenvalue weighted by Gasteiger charge is -2.32. The zero-order chi connectivity index (χ0) is 14.0.